The van der Waals surface area contributed by atoms with Crippen molar-refractivity contribution in [1.29, 1.82) is 0 Å². The Kier molecular flexibility index (Phi) is 10.2. The summed E-state index contributed by atoms with van der Waals surface area (Å²) in [6, 6.07) is 7.35. The van der Waals surface area contributed by atoms with Crippen LogP contribution in [0, 0.1) is 0 Å². The van der Waals surface area contributed by atoms with Crippen molar-refractivity contribution in [1.82, 2.24) is 9.21 Å². The van der Waals surface area contributed by atoms with E-state index >= 15 is 0 Å². The van der Waals surface area contributed by atoms with Crippen LogP contribution in [-0.4, -0.2) is 91.6 Å². The summed E-state index contributed by atoms with van der Waals surface area (Å²) in [5, 5.41) is 7.12. The molecular formula is C22H30F3N3O6S. The monoisotopic (exact) mass is 521 g/mol. The van der Waals surface area contributed by atoms with Crippen molar-refractivity contribution in [2.75, 3.05) is 49.9 Å². The molecule has 0 bridgehead atoms. The highest BCUT2D eigenvalue weighted by Gasteiger charge is 2.38. The molecule has 0 unspecified atom stereocenters. The number of unbranched alkanes of at least 4 members (excludes halogenated alkanes) is 1. The number of nitrogens with zero attached hydrogens (tertiary/aromatic N) is 3. The van der Waals surface area contributed by atoms with Gasteiger partial charge in [-0.3, -0.25) is 9.59 Å². The van der Waals surface area contributed by atoms with Crippen LogP contribution >= 0.6 is 0 Å². The van der Waals surface area contributed by atoms with E-state index in [4.69, 9.17) is 9.90 Å². The highest BCUT2D eigenvalue weighted by Crippen LogP contribution is 2.27. The predicted octanol–water partition coefficient (Wildman–Crippen LogP) is 2.38. The Morgan fingerprint density at radius 3 is 2.14 bits per heavy atom. The summed E-state index contributed by atoms with van der Waals surface area (Å²) in [5.41, 5.74) is 1.37. The number of ketones is 1. The minimum absolute atomic E-state index is 0.0108. The van der Waals surface area contributed by atoms with Gasteiger partial charge >= 0.3 is 12.1 Å². The van der Waals surface area contributed by atoms with E-state index in [-0.39, 0.29) is 30.3 Å². The minimum atomic E-state index is -5.08. The summed E-state index contributed by atoms with van der Waals surface area (Å²) in [7, 11) is -3.09. The number of Topliss-reactive ketones (excluding diaryl/α,β-unsaturated/α-hetero) is 1. The topological polar surface area (TPSA) is 115 Å². The normalized spacial score (nSPS) is 17.9. The fourth-order valence-electron chi connectivity index (χ4n) is 3.83. The number of para-hydroxylation sites is 1. The number of aliphatic carboxylic acids is 1. The van der Waals surface area contributed by atoms with Crippen molar-refractivity contribution < 1.29 is 41.1 Å². The Balaban J connectivity index is 0.000000540. The lowest BCUT2D eigenvalue weighted by Crippen LogP contribution is -2.49. The van der Waals surface area contributed by atoms with Crippen LogP contribution in [0.3, 0.4) is 0 Å². The van der Waals surface area contributed by atoms with Gasteiger partial charge in [0, 0.05) is 51.1 Å². The molecule has 0 radical (unpaired) electrons. The first kappa shape index (κ1) is 28.7. The smallest absolute Gasteiger partial charge is 0.475 e. The average Bonchev–Trinajstić information content (AvgIpc) is 2.93. The number of hydrogen-bond acceptors (Lipinski definition) is 6. The van der Waals surface area contributed by atoms with E-state index in [2.05, 4.69) is 4.90 Å². The Labute approximate surface area is 202 Å². The van der Waals surface area contributed by atoms with Gasteiger partial charge in [0.1, 0.15) is 0 Å². The van der Waals surface area contributed by atoms with E-state index < -0.39 is 22.2 Å². The Morgan fingerprint density at radius 1 is 1.00 bits per heavy atom. The molecule has 9 nitrogen and oxygen atoms in total. The SMILES string of the molecule is CCS(=O)(=O)N1CCN(CCCCN2C(=O)CCC(=O)c3ccccc32)CC1.O=C(O)C(F)(F)F. The van der Waals surface area contributed by atoms with E-state index in [0.29, 0.717) is 25.2 Å². The van der Waals surface area contributed by atoms with E-state index in [0.717, 1.165) is 38.2 Å². The Hall–Kier alpha value is -2.51. The van der Waals surface area contributed by atoms with Crippen LogP contribution in [-0.2, 0) is 19.6 Å². The molecule has 1 amide bonds. The zero-order valence-electron chi connectivity index (χ0n) is 19.5. The van der Waals surface area contributed by atoms with Gasteiger partial charge < -0.3 is 14.9 Å². The maximum absolute atomic E-state index is 12.5. The number of benzene rings is 1. The van der Waals surface area contributed by atoms with Gasteiger partial charge in [-0.2, -0.15) is 17.5 Å². The van der Waals surface area contributed by atoms with Gasteiger partial charge in [-0.25, -0.2) is 13.2 Å². The minimum Gasteiger partial charge on any atom is -0.475 e. The number of carbonyl (C=O) groups excluding carboxylic acids is 2. The first-order valence-corrected chi connectivity index (χ1v) is 12.9. The lowest BCUT2D eigenvalue weighted by molar-refractivity contribution is -0.192. The molecule has 0 atom stereocenters. The highest BCUT2D eigenvalue weighted by molar-refractivity contribution is 7.89. The van der Waals surface area contributed by atoms with E-state index in [1.807, 2.05) is 18.2 Å². The average molecular weight is 522 g/mol. The van der Waals surface area contributed by atoms with Crippen LogP contribution in [0.2, 0.25) is 0 Å². The molecule has 0 saturated carbocycles. The lowest BCUT2D eigenvalue weighted by atomic mass is 10.1. The number of carboxylic acid groups (broad SMARTS) is 1. The molecule has 1 aromatic carbocycles. The number of carboxylic acids is 1. The van der Waals surface area contributed by atoms with Gasteiger partial charge in [-0.1, -0.05) is 12.1 Å². The molecule has 196 valence electrons. The third kappa shape index (κ3) is 8.29. The van der Waals surface area contributed by atoms with Gasteiger partial charge in [0.15, 0.2) is 5.78 Å². The molecule has 1 fully saturated rings. The largest absolute Gasteiger partial charge is 0.490 e. The second-order valence-corrected chi connectivity index (χ2v) is 10.4. The maximum atomic E-state index is 12.5. The number of anilines is 1. The number of halogens is 3. The summed E-state index contributed by atoms with van der Waals surface area (Å²) < 4.78 is 57.2. The molecule has 0 spiro atoms. The van der Waals surface area contributed by atoms with Crippen LogP contribution in [0.4, 0.5) is 18.9 Å². The molecule has 1 aromatic rings. The van der Waals surface area contributed by atoms with Gasteiger partial charge in [-0.15, -0.1) is 0 Å². The molecule has 13 heteroatoms. The maximum Gasteiger partial charge on any atom is 0.490 e. The van der Waals surface area contributed by atoms with E-state index in [1.54, 1.807) is 22.2 Å². The number of sulfonamides is 1. The Morgan fingerprint density at radius 2 is 1.57 bits per heavy atom. The number of rotatable bonds is 7. The fourth-order valence-corrected chi connectivity index (χ4v) is 4.92. The second kappa shape index (κ2) is 12.5. The van der Waals surface area contributed by atoms with Gasteiger partial charge in [0.2, 0.25) is 15.9 Å². The van der Waals surface area contributed by atoms with E-state index in [1.165, 1.54) is 0 Å². The molecule has 1 N–H and O–H groups in total. The first-order chi connectivity index (χ1) is 16.4. The summed E-state index contributed by atoms with van der Waals surface area (Å²) in [6.07, 6.45) is -2.76. The summed E-state index contributed by atoms with van der Waals surface area (Å²) in [4.78, 5) is 37.6. The van der Waals surface area contributed by atoms with Crippen molar-refractivity contribution in [3.05, 3.63) is 29.8 Å². The standard InChI is InChI=1S/C20H29N3O4S.C2HF3O2/c1-2-28(26,27)22-15-13-21(14-16-22)11-5-6-12-23-18-8-4-3-7-17(18)19(24)9-10-20(23)25;3-2(4,5)1(6)7/h3-4,7-8H,2,5-6,9-16H2,1H3;(H,6,7). The first-order valence-electron chi connectivity index (χ1n) is 11.3. The molecule has 0 aliphatic carbocycles. The quantitative estimate of drug-likeness (QED) is 0.548. The number of hydrogen-bond donors (Lipinski definition) is 1. The number of fused-ring (bicyclic) bond motifs is 1. The summed E-state index contributed by atoms with van der Waals surface area (Å²) in [6.45, 7) is 5.78. The molecule has 1 saturated heterocycles. The zero-order chi connectivity index (χ0) is 26.2. The number of carbonyl (C=O) groups is 3. The number of amides is 1. The molecule has 0 aromatic heterocycles. The number of piperazine rings is 1. The predicted molar refractivity (Wildman–Crippen MR) is 123 cm³/mol. The van der Waals surface area contributed by atoms with Crippen molar-refractivity contribution >= 4 is 33.4 Å². The Bertz CT molecular complexity index is 1010. The highest BCUT2D eigenvalue weighted by atomic mass is 32.2. The van der Waals surface area contributed by atoms with E-state index in [9.17, 15) is 31.2 Å². The van der Waals surface area contributed by atoms with Crippen molar-refractivity contribution in [3.63, 3.8) is 0 Å². The molecule has 35 heavy (non-hydrogen) atoms. The molecular weight excluding hydrogens is 491 g/mol. The van der Waals surface area contributed by atoms with Crippen molar-refractivity contribution in [3.8, 4) is 0 Å². The zero-order valence-corrected chi connectivity index (χ0v) is 20.3. The second-order valence-electron chi connectivity index (χ2n) is 8.14. The third-order valence-electron chi connectivity index (χ3n) is 5.80. The van der Waals surface area contributed by atoms with Crippen LogP contribution in [0.25, 0.3) is 0 Å². The van der Waals surface area contributed by atoms with Crippen LogP contribution in [0.5, 0.6) is 0 Å². The number of alkyl halides is 3. The van der Waals surface area contributed by atoms with Crippen molar-refractivity contribution in [2.45, 2.75) is 38.8 Å². The summed E-state index contributed by atoms with van der Waals surface area (Å²) in [5.74, 6) is -2.56. The summed E-state index contributed by atoms with van der Waals surface area (Å²) >= 11 is 0. The molecule has 2 heterocycles. The van der Waals surface area contributed by atoms with Crippen LogP contribution in [0.15, 0.2) is 24.3 Å². The molecule has 3 rings (SSSR count). The van der Waals surface area contributed by atoms with Crippen molar-refractivity contribution in [2.24, 2.45) is 0 Å². The third-order valence-corrected chi connectivity index (χ3v) is 7.68. The van der Waals surface area contributed by atoms with Crippen LogP contribution in [0.1, 0.15) is 43.0 Å². The van der Waals surface area contributed by atoms with Gasteiger partial charge in [-0.05, 0) is 38.4 Å². The molecule has 2 aliphatic rings. The van der Waals surface area contributed by atoms with Gasteiger partial charge in [0.05, 0.1) is 11.4 Å². The lowest BCUT2D eigenvalue weighted by Gasteiger charge is -2.33. The fraction of sp³-hybridized carbons (Fsp3) is 0.591. The van der Waals surface area contributed by atoms with Crippen LogP contribution < -0.4 is 4.90 Å². The van der Waals surface area contributed by atoms with Gasteiger partial charge in [0.25, 0.3) is 0 Å². The molecule has 2 aliphatic heterocycles.